The number of halogens is 2. The summed E-state index contributed by atoms with van der Waals surface area (Å²) in [7, 11) is 0. The van der Waals surface area contributed by atoms with Crippen molar-refractivity contribution in [1.29, 1.82) is 0 Å². The van der Waals surface area contributed by atoms with Crippen LogP contribution >= 0.6 is 23.2 Å². The molecule has 3 nitrogen and oxygen atoms in total. The van der Waals surface area contributed by atoms with Gasteiger partial charge in [-0.2, -0.15) is 5.10 Å². The first kappa shape index (κ1) is 18.5. The molecule has 0 fully saturated rings. The Labute approximate surface area is 180 Å². The SMILES string of the molecule is Cc1ccc(C)c(C2=NN3C(C2)c2cc(Cl)ccc2OC3c2cccc(Cl)c2)c1. The van der Waals surface area contributed by atoms with Crippen LogP contribution in [-0.4, -0.2) is 10.7 Å². The molecule has 0 amide bonds. The average molecular weight is 423 g/mol. The van der Waals surface area contributed by atoms with Crippen molar-refractivity contribution in [2.24, 2.45) is 5.10 Å². The van der Waals surface area contributed by atoms with E-state index in [1.54, 1.807) is 0 Å². The minimum atomic E-state index is -0.338. The largest absolute Gasteiger partial charge is 0.464 e. The van der Waals surface area contributed by atoms with Crippen molar-refractivity contribution in [2.45, 2.75) is 32.5 Å². The molecule has 2 aliphatic heterocycles. The highest BCUT2D eigenvalue weighted by Crippen LogP contribution is 2.48. The zero-order valence-corrected chi connectivity index (χ0v) is 17.7. The van der Waals surface area contributed by atoms with E-state index in [1.807, 2.05) is 42.5 Å². The zero-order valence-electron chi connectivity index (χ0n) is 16.2. The van der Waals surface area contributed by atoms with Crippen LogP contribution in [0.1, 0.15) is 46.5 Å². The van der Waals surface area contributed by atoms with Gasteiger partial charge in [0.05, 0.1) is 11.8 Å². The van der Waals surface area contributed by atoms with Gasteiger partial charge in [-0.3, -0.25) is 0 Å². The van der Waals surface area contributed by atoms with Crippen molar-refractivity contribution in [3.05, 3.63) is 98.5 Å². The summed E-state index contributed by atoms with van der Waals surface area (Å²) in [6.45, 7) is 4.24. The Morgan fingerprint density at radius 3 is 2.62 bits per heavy atom. The second-order valence-electron chi connectivity index (χ2n) is 7.67. The molecular weight excluding hydrogens is 403 g/mol. The van der Waals surface area contributed by atoms with Crippen molar-refractivity contribution in [2.75, 3.05) is 0 Å². The molecule has 2 unspecified atom stereocenters. The van der Waals surface area contributed by atoms with E-state index in [9.17, 15) is 0 Å². The molecule has 3 aromatic rings. The molecule has 5 heteroatoms. The summed E-state index contributed by atoms with van der Waals surface area (Å²) in [4.78, 5) is 0. The van der Waals surface area contributed by atoms with Crippen LogP contribution in [0.4, 0.5) is 0 Å². The van der Waals surface area contributed by atoms with Crippen molar-refractivity contribution in [1.82, 2.24) is 5.01 Å². The number of hydrogen-bond donors (Lipinski definition) is 0. The first-order valence-electron chi connectivity index (χ1n) is 9.64. The summed E-state index contributed by atoms with van der Waals surface area (Å²) in [6, 6.07) is 20.1. The molecule has 5 rings (SSSR count). The minimum Gasteiger partial charge on any atom is -0.464 e. The van der Waals surface area contributed by atoms with Crippen molar-refractivity contribution >= 4 is 28.9 Å². The van der Waals surface area contributed by atoms with E-state index >= 15 is 0 Å². The maximum atomic E-state index is 6.38. The summed E-state index contributed by atoms with van der Waals surface area (Å²) in [5.41, 5.74) is 6.76. The molecule has 2 heterocycles. The summed E-state index contributed by atoms with van der Waals surface area (Å²) in [5, 5.41) is 8.48. The van der Waals surface area contributed by atoms with Gasteiger partial charge in [0.2, 0.25) is 6.23 Å². The van der Waals surface area contributed by atoms with E-state index in [0.717, 1.165) is 29.0 Å². The molecule has 0 radical (unpaired) electrons. The monoisotopic (exact) mass is 422 g/mol. The third-order valence-corrected chi connectivity index (χ3v) is 6.06. The molecule has 29 heavy (non-hydrogen) atoms. The molecule has 0 N–H and O–H groups in total. The summed E-state index contributed by atoms with van der Waals surface area (Å²) in [6.07, 6.45) is 0.466. The van der Waals surface area contributed by atoms with Gasteiger partial charge in [0.25, 0.3) is 0 Å². The molecule has 2 atom stereocenters. The Morgan fingerprint density at radius 2 is 1.79 bits per heavy atom. The fourth-order valence-corrected chi connectivity index (χ4v) is 4.53. The first-order valence-corrected chi connectivity index (χ1v) is 10.4. The minimum absolute atomic E-state index is 0.0661. The average Bonchev–Trinajstić information content (AvgIpc) is 3.15. The molecule has 146 valence electrons. The van der Waals surface area contributed by atoms with Crippen molar-refractivity contribution < 1.29 is 4.74 Å². The molecule has 0 saturated heterocycles. The van der Waals surface area contributed by atoms with E-state index in [4.69, 9.17) is 33.0 Å². The number of benzene rings is 3. The smallest absolute Gasteiger partial charge is 0.213 e. The van der Waals surface area contributed by atoms with E-state index in [2.05, 4.69) is 37.1 Å². The van der Waals surface area contributed by atoms with Gasteiger partial charge in [0.1, 0.15) is 5.75 Å². The predicted molar refractivity (Wildman–Crippen MR) is 118 cm³/mol. The van der Waals surface area contributed by atoms with Crippen LogP contribution in [-0.2, 0) is 0 Å². The van der Waals surface area contributed by atoms with Gasteiger partial charge in [-0.15, -0.1) is 0 Å². The van der Waals surface area contributed by atoms with Crippen LogP contribution in [0, 0.1) is 13.8 Å². The normalized spacial score (nSPS) is 20.0. The van der Waals surface area contributed by atoms with E-state index < -0.39 is 0 Å². The Hall–Kier alpha value is -2.49. The van der Waals surface area contributed by atoms with Gasteiger partial charge in [0.15, 0.2) is 0 Å². The second-order valence-corrected chi connectivity index (χ2v) is 8.55. The van der Waals surface area contributed by atoms with Crippen LogP contribution in [0.5, 0.6) is 5.75 Å². The maximum Gasteiger partial charge on any atom is 0.213 e. The van der Waals surface area contributed by atoms with Crippen LogP contribution in [0.25, 0.3) is 0 Å². The van der Waals surface area contributed by atoms with E-state index in [-0.39, 0.29) is 12.3 Å². The fraction of sp³-hybridized carbons (Fsp3) is 0.208. The third-order valence-electron chi connectivity index (χ3n) is 5.59. The Morgan fingerprint density at radius 1 is 0.966 bits per heavy atom. The van der Waals surface area contributed by atoms with Gasteiger partial charge >= 0.3 is 0 Å². The second kappa shape index (κ2) is 7.08. The van der Waals surface area contributed by atoms with Crippen LogP contribution in [0.2, 0.25) is 10.0 Å². The topological polar surface area (TPSA) is 24.8 Å². The summed E-state index contributed by atoms with van der Waals surface area (Å²) >= 11 is 12.6. The molecule has 0 spiro atoms. The third kappa shape index (κ3) is 3.29. The van der Waals surface area contributed by atoms with Crippen molar-refractivity contribution in [3.63, 3.8) is 0 Å². The van der Waals surface area contributed by atoms with Gasteiger partial charge in [0, 0.05) is 33.2 Å². The van der Waals surface area contributed by atoms with Gasteiger partial charge in [-0.1, -0.05) is 53.0 Å². The highest BCUT2D eigenvalue weighted by molar-refractivity contribution is 6.31. The Kier molecular flexibility index (Phi) is 4.53. The first-order chi connectivity index (χ1) is 14.0. The molecule has 0 bridgehead atoms. The molecule has 0 aromatic heterocycles. The van der Waals surface area contributed by atoms with Gasteiger partial charge in [-0.05, 0) is 55.8 Å². The molecule has 0 aliphatic carbocycles. The summed E-state index contributed by atoms with van der Waals surface area (Å²) < 4.78 is 6.38. The number of hydrogen-bond acceptors (Lipinski definition) is 3. The number of hydrazone groups is 1. The Balaban J connectivity index is 1.64. The molecule has 3 aromatic carbocycles. The highest BCUT2D eigenvalue weighted by atomic mass is 35.5. The van der Waals surface area contributed by atoms with Crippen LogP contribution < -0.4 is 4.74 Å². The number of nitrogens with zero attached hydrogens (tertiary/aromatic N) is 2. The lowest BCUT2D eigenvalue weighted by Crippen LogP contribution is -2.33. The van der Waals surface area contributed by atoms with Crippen molar-refractivity contribution in [3.8, 4) is 5.75 Å². The molecule has 2 aliphatic rings. The number of ether oxygens (including phenoxy) is 1. The molecule has 0 saturated carbocycles. The number of rotatable bonds is 2. The fourth-order valence-electron chi connectivity index (χ4n) is 4.15. The van der Waals surface area contributed by atoms with Gasteiger partial charge in [-0.25, -0.2) is 5.01 Å². The quantitative estimate of drug-likeness (QED) is 0.450. The molecular formula is C24H20Cl2N2O. The number of fused-ring (bicyclic) bond motifs is 3. The number of aryl methyl sites for hydroxylation is 2. The van der Waals surface area contributed by atoms with Crippen LogP contribution in [0.3, 0.4) is 0 Å². The van der Waals surface area contributed by atoms with E-state index in [1.165, 1.54) is 16.7 Å². The maximum absolute atomic E-state index is 6.38. The lowest BCUT2D eigenvalue weighted by Gasteiger charge is -2.38. The lowest BCUT2D eigenvalue weighted by atomic mass is 9.93. The highest BCUT2D eigenvalue weighted by Gasteiger charge is 2.41. The lowest BCUT2D eigenvalue weighted by molar-refractivity contribution is -0.0190. The zero-order chi connectivity index (χ0) is 20.1. The predicted octanol–water partition coefficient (Wildman–Crippen LogP) is 6.85. The standard InChI is InChI=1S/C24H20Cl2N2O/c1-14-6-7-15(2)19(10-14)21-13-22-20-12-18(26)8-9-23(20)29-24(28(22)27-21)16-4-3-5-17(25)11-16/h3-12,22,24H,13H2,1-2H3. The van der Waals surface area contributed by atoms with E-state index in [0.29, 0.717) is 10.0 Å². The summed E-state index contributed by atoms with van der Waals surface area (Å²) in [5.74, 6) is 0.845. The Bertz CT molecular complexity index is 1140. The van der Waals surface area contributed by atoms with Crippen LogP contribution in [0.15, 0.2) is 65.8 Å². The van der Waals surface area contributed by atoms with Gasteiger partial charge < -0.3 is 4.74 Å².